The minimum atomic E-state index is -4.14. The Morgan fingerprint density at radius 1 is 1.56 bits per heavy atom. The first kappa shape index (κ1) is 15.3. The van der Waals surface area contributed by atoms with Crippen LogP contribution in [-0.4, -0.2) is 23.7 Å². The predicted molar refractivity (Wildman–Crippen MR) is 66.6 cm³/mol. The van der Waals surface area contributed by atoms with Gasteiger partial charge in [-0.15, -0.1) is 5.10 Å². The second kappa shape index (κ2) is 5.06. The zero-order chi connectivity index (χ0) is 14.1. The molecule has 1 rings (SSSR count). The van der Waals surface area contributed by atoms with Crippen LogP contribution in [0.15, 0.2) is 16.2 Å². The van der Waals surface area contributed by atoms with Gasteiger partial charge in [-0.25, -0.2) is 22.2 Å². The highest BCUT2D eigenvalue weighted by molar-refractivity contribution is 9.11. The van der Waals surface area contributed by atoms with E-state index >= 15 is 0 Å². The Kier molecular flexibility index (Phi) is 4.29. The van der Waals surface area contributed by atoms with Gasteiger partial charge >= 0.3 is 0 Å². The second-order valence-electron chi connectivity index (χ2n) is 4.51. The van der Waals surface area contributed by atoms with E-state index in [-0.39, 0.29) is 0 Å². The van der Waals surface area contributed by atoms with E-state index in [9.17, 15) is 17.2 Å². The molecule has 0 atom stereocenters. The summed E-state index contributed by atoms with van der Waals surface area (Å²) < 4.78 is 52.9. The quantitative estimate of drug-likeness (QED) is 0.915. The third kappa shape index (κ3) is 3.59. The lowest BCUT2D eigenvalue weighted by Crippen LogP contribution is -2.41. The molecular formula is C9H12BrF2N3O2S. The Bertz CT molecular complexity index is 575. The predicted octanol–water partition coefficient (Wildman–Crippen LogP) is 2.22. The van der Waals surface area contributed by atoms with Crippen molar-refractivity contribution in [2.45, 2.75) is 31.3 Å². The van der Waals surface area contributed by atoms with Gasteiger partial charge in [0.2, 0.25) is 11.0 Å². The summed E-state index contributed by atoms with van der Waals surface area (Å²) in [6, 6.07) is 0. The van der Waals surface area contributed by atoms with Gasteiger partial charge in [0.25, 0.3) is 10.0 Å². The van der Waals surface area contributed by atoms with Gasteiger partial charge in [0, 0.05) is 10.5 Å². The molecule has 1 aromatic heterocycles. The summed E-state index contributed by atoms with van der Waals surface area (Å²) in [7, 11) is -4.14. The molecule has 0 amide bonds. The van der Waals surface area contributed by atoms with E-state index in [0.717, 1.165) is 4.99 Å². The highest BCUT2D eigenvalue weighted by Crippen LogP contribution is 2.17. The average Bonchev–Trinajstić information content (AvgIpc) is 2.56. The lowest BCUT2D eigenvalue weighted by Gasteiger charge is -2.19. The van der Waals surface area contributed by atoms with Crippen molar-refractivity contribution < 1.29 is 17.2 Å². The van der Waals surface area contributed by atoms with Crippen LogP contribution in [0.3, 0.4) is 0 Å². The molecule has 0 saturated carbocycles. The number of aromatic nitrogens is 2. The molecule has 0 aliphatic rings. The molecule has 1 N–H and O–H groups in total. The molecule has 5 nitrogen and oxygen atoms in total. The Hall–Kier alpha value is -0.800. The van der Waals surface area contributed by atoms with Crippen LogP contribution in [0.1, 0.15) is 20.8 Å². The van der Waals surface area contributed by atoms with Crippen LogP contribution < -0.4 is 4.72 Å². The van der Waals surface area contributed by atoms with Gasteiger partial charge in [-0.2, -0.15) is 4.39 Å². The Balaban J connectivity index is 3.23. The zero-order valence-electron chi connectivity index (χ0n) is 9.91. The SMILES string of the molecule is CC(C)(C)NS(=O)(=O)c1nn(C(F)=CBr)cc1F. The van der Waals surface area contributed by atoms with Gasteiger partial charge in [-0.3, -0.25) is 0 Å². The molecule has 1 aromatic rings. The Labute approximate surface area is 112 Å². The molecule has 1 heterocycles. The maximum Gasteiger partial charge on any atom is 0.263 e. The molecule has 0 aliphatic carbocycles. The third-order valence-electron chi connectivity index (χ3n) is 1.64. The fraction of sp³-hybridized carbons (Fsp3) is 0.444. The minimum absolute atomic E-state index is 0.487. The van der Waals surface area contributed by atoms with E-state index in [0.29, 0.717) is 10.9 Å². The molecule has 102 valence electrons. The molecule has 18 heavy (non-hydrogen) atoms. The molecule has 0 saturated heterocycles. The number of sulfonamides is 1. The number of rotatable bonds is 3. The summed E-state index contributed by atoms with van der Waals surface area (Å²) in [6.07, 6.45) is 0.643. The molecule has 0 unspecified atom stereocenters. The van der Waals surface area contributed by atoms with Crippen molar-refractivity contribution >= 4 is 31.9 Å². The second-order valence-corrected chi connectivity index (χ2v) is 6.57. The van der Waals surface area contributed by atoms with Crippen molar-refractivity contribution in [3.05, 3.63) is 17.0 Å². The van der Waals surface area contributed by atoms with E-state index < -0.39 is 32.4 Å². The molecule has 0 bridgehead atoms. The number of hydrogen-bond donors (Lipinski definition) is 1. The number of halogens is 3. The highest BCUT2D eigenvalue weighted by Gasteiger charge is 2.28. The summed E-state index contributed by atoms with van der Waals surface area (Å²) in [5.41, 5.74) is -0.793. The van der Waals surface area contributed by atoms with Gasteiger partial charge in [0.05, 0.1) is 6.20 Å². The van der Waals surface area contributed by atoms with Crippen molar-refractivity contribution in [2.24, 2.45) is 0 Å². The fourth-order valence-corrected chi connectivity index (χ4v) is 2.75. The summed E-state index contributed by atoms with van der Waals surface area (Å²) in [5.74, 6) is -2.07. The van der Waals surface area contributed by atoms with Crippen LogP contribution in [0.4, 0.5) is 8.78 Å². The normalized spacial score (nSPS) is 14.0. The van der Waals surface area contributed by atoms with Crippen LogP contribution in [-0.2, 0) is 10.0 Å². The minimum Gasteiger partial charge on any atom is -0.209 e. The van der Waals surface area contributed by atoms with Crippen molar-refractivity contribution in [1.82, 2.24) is 14.5 Å². The van der Waals surface area contributed by atoms with E-state index in [2.05, 4.69) is 25.8 Å². The maximum absolute atomic E-state index is 13.5. The van der Waals surface area contributed by atoms with Gasteiger partial charge in [0.15, 0.2) is 5.82 Å². The molecule has 0 spiro atoms. The number of hydrogen-bond acceptors (Lipinski definition) is 3. The smallest absolute Gasteiger partial charge is 0.209 e. The van der Waals surface area contributed by atoms with E-state index in [1.165, 1.54) is 0 Å². The van der Waals surface area contributed by atoms with Gasteiger partial charge in [0.1, 0.15) is 0 Å². The van der Waals surface area contributed by atoms with E-state index in [1.54, 1.807) is 20.8 Å². The molecule has 0 aliphatic heterocycles. The van der Waals surface area contributed by atoms with Crippen LogP contribution in [0.25, 0.3) is 5.95 Å². The first-order valence-electron chi connectivity index (χ1n) is 4.82. The summed E-state index contributed by atoms with van der Waals surface area (Å²) >= 11 is 2.70. The van der Waals surface area contributed by atoms with Gasteiger partial charge in [-0.05, 0) is 20.8 Å². The van der Waals surface area contributed by atoms with Crippen molar-refractivity contribution in [2.75, 3.05) is 0 Å². The Morgan fingerprint density at radius 3 is 2.56 bits per heavy atom. The van der Waals surface area contributed by atoms with Gasteiger partial charge < -0.3 is 0 Å². The van der Waals surface area contributed by atoms with Crippen LogP contribution in [0.2, 0.25) is 0 Å². The van der Waals surface area contributed by atoms with Gasteiger partial charge in [-0.1, -0.05) is 15.9 Å². The average molecular weight is 344 g/mol. The monoisotopic (exact) mass is 343 g/mol. The first-order chi connectivity index (χ1) is 8.07. The molecule has 0 aromatic carbocycles. The summed E-state index contributed by atoms with van der Waals surface area (Å²) in [5, 5.41) is 2.51. The largest absolute Gasteiger partial charge is 0.263 e. The zero-order valence-corrected chi connectivity index (χ0v) is 12.3. The lowest BCUT2D eigenvalue weighted by atomic mass is 10.1. The molecule has 0 radical (unpaired) electrons. The van der Waals surface area contributed by atoms with Crippen LogP contribution in [0.5, 0.6) is 0 Å². The Morgan fingerprint density at radius 2 is 2.11 bits per heavy atom. The van der Waals surface area contributed by atoms with Crippen LogP contribution >= 0.6 is 15.9 Å². The number of nitrogens with zero attached hydrogens (tertiary/aromatic N) is 2. The van der Waals surface area contributed by atoms with E-state index in [1.807, 2.05) is 0 Å². The first-order valence-corrected chi connectivity index (χ1v) is 7.22. The standard InChI is InChI=1S/C9H12BrF2N3O2S/c1-9(2,3)14-18(16,17)8-6(11)5-15(13-8)7(12)4-10/h4-5,14H,1-3H3. The lowest BCUT2D eigenvalue weighted by molar-refractivity contribution is 0.483. The number of nitrogens with one attached hydrogen (secondary N) is 1. The maximum atomic E-state index is 13.5. The topological polar surface area (TPSA) is 64.0 Å². The van der Waals surface area contributed by atoms with E-state index in [4.69, 9.17) is 0 Å². The summed E-state index contributed by atoms with van der Waals surface area (Å²) in [6.45, 7) is 4.79. The highest BCUT2D eigenvalue weighted by atomic mass is 79.9. The molecule has 9 heteroatoms. The van der Waals surface area contributed by atoms with Crippen molar-refractivity contribution in [1.29, 1.82) is 0 Å². The molecular weight excluding hydrogens is 332 g/mol. The van der Waals surface area contributed by atoms with Crippen molar-refractivity contribution in [3.63, 3.8) is 0 Å². The fourth-order valence-electron chi connectivity index (χ4n) is 1.13. The third-order valence-corrected chi connectivity index (χ3v) is 3.69. The van der Waals surface area contributed by atoms with Crippen LogP contribution in [0, 0.1) is 5.82 Å². The molecule has 0 fully saturated rings. The van der Waals surface area contributed by atoms with Crippen molar-refractivity contribution in [3.8, 4) is 0 Å². The summed E-state index contributed by atoms with van der Waals surface area (Å²) in [4.78, 5) is 0.854.